The Kier molecular flexibility index (Phi) is 7.67. The summed E-state index contributed by atoms with van der Waals surface area (Å²) >= 11 is 0. The largest absolute Gasteiger partial charge is 0.454 e. The van der Waals surface area contributed by atoms with Gasteiger partial charge in [-0.15, -0.1) is 0 Å². The molecule has 0 amide bonds. The van der Waals surface area contributed by atoms with Gasteiger partial charge in [0.15, 0.2) is 6.61 Å². The molecule has 0 bridgehead atoms. The van der Waals surface area contributed by atoms with Crippen molar-refractivity contribution in [2.24, 2.45) is 5.73 Å². The van der Waals surface area contributed by atoms with Crippen LogP contribution in [0.5, 0.6) is 0 Å². The summed E-state index contributed by atoms with van der Waals surface area (Å²) in [6, 6.07) is 7.67. The van der Waals surface area contributed by atoms with E-state index in [0.717, 1.165) is 6.08 Å². The Morgan fingerprint density at radius 1 is 1.28 bits per heavy atom. The van der Waals surface area contributed by atoms with E-state index < -0.39 is 28.4 Å². The van der Waals surface area contributed by atoms with E-state index in [1.165, 1.54) is 29.4 Å². The Balaban J connectivity index is 1.96. The zero-order valence-electron chi connectivity index (χ0n) is 15.8. The van der Waals surface area contributed by atoms with E-state index in [0.29, 0.717) is 31.9 Å². The van der Waals surface area contributed by atoms with Crippen LogP contribution in [-0.2, 0) is 29.1 Å². The van der Waals surface area contributed by atoms with E-state index in [-0.39, 0.29) is 16.2 Å². The van der Waals surface area contributed by atoms with Crippen LogP contribution >= 0.6 is 0 Å². The van der Waals surface area contributed by atoms with Crippen LogP contribution in [0.2, 0.25) is 0 Å². The van der Waals surface area contributed by atoms with Crippen LogP contribution in [0.1, 0.15) is 12.5 Å². The van der Waals surface area contributed by atoms with Gasteiger partial charge in [0.1, 0.15) is 11.6 Å². The summed E-state index contributed by atoms with van der Waals surface area (Å²) in [5, 5.41) is 8.83. The maximum Gasteiger partial charge on any atom is 0.331 e. The second-order valence-corrected chi connectivity index (χ2v) is 8.06. The standard InChI is InChI=1S/C19H21N3O6S/c1-14(21)17(12-20)18(23)13-28-19(24)7-4-15-2-5-16(6-3-15)29(25,26)22-8-10-27-11-9-22/h2-7H,8-11,13,21H2,1H3/b7-4+,17-14-. The lowest BCUT2D eigenvalue weighted by Crippen LogP contribution is -2.40. The van der Waals surface area contributed by atoms with E-state index in [1.807, 2.05) is 0 Å². The number of allylic oxidation sites excluding steroid dienone is 1. The van der Waals surface area contributed by atoms with Gasteiger partial charge in [0.2, 0.25) is 15.8 Å². The Labute approximate surface area is 169 Å². The number of hydrogen-bond acceptors (Lipinski definition) is 8. The number of carbonyl (C=O) groups is 2. The molecule has 0 radical (unpaired) electrons. The number of nitrogens with zero attached hydrogens (tertiary/aromatic N) is 2. The lowest BCUT2D eigenvalue weighted by atomic mass is 10.1. The normalized spacial score (nSPS) is 16.1. The van der Waals surface area contributed by atoms with Crippen molar-refractivity contribution in [3.05, 3.63) is 47.2 Å². The van der Waals surface area contributed by atoms with Gasteiger partial charge in [-0.2, -0.15) is 9.57 Å². The average Bonchev–Trinajstić information content (AvgIpc) is 2.72. The van der Waals surface area contributed by atoms with Crippen LogP contribution in [-0.4, -0.2) is 57.4 Å². The SMILES string of the molecule is C/C(N)=C(\C#N)C(=O)COC(=O)/C=C/c1ccc(S(=O)(=O)N2CCOCC2)cc1. The molecule has 0 saturated carbocycles. The van der Waals surface area contributed by atoms with Crippen molar-refractivity contribution < 1.29 is 27.5 Å². The van der Waals surface area contributed by atoms with Gasteiger partial charge in [0, 0.05) is 24.9 Å². The Morgan fingerprint density at radius 2 is 1.90 bits per heavy atom. The van der Waals surface area contributed by atoms with Gasteiger partial charge in [-0.05, 0) is 30.7 Å². The predicted octanol–water partition coefficient (Wildman–Crippen LogP) is 0.589. The van der Waals surface area contributed by atoms with Crippen molar-refractivity contribution in [2.75, 3.05) is 32.9 Å². The number of nitriles is 1. The summed E-state index contributed by atoms with van der Waals surface area (Å²) in [6.45, 7) is 2.14. The number of ketones is 1. The van der Waals surface area contributed by atoms with Crippen molar-refractivity contribution in [1.29, 1.82) is 5.26 Å². The molecule has 0 atom stereocenters. The van der Waals surface area contributed by atoms with E-state index in [1.54, 1.807) is 18.2 Å². The molecule has 1 heterocycles. The molecule has 0 unspecified atom stereocenters. The summed E-state index contributed by atoms with van der Waals surface area (Å²) in [5.74, 6) is -1.47. The molecule has 154 valence electrons. The fourth-order valence-corrected chi connectivity index (χ4v) is 3.89. The maximum absolute atomic E-state index is 12.6. The molecule has 2 N–H and O–H groups in total. The third-order valence-electron chi connectivity index (χ3n) is 4.03. The van der Waals surface area contributed by atoms with E-state index >= 15 is 0 Å². The van der Waals surface area contributed by atoms with Crippen molar-refractivity contribution in [3.63, 3.8) is 0 Å². The quantitative estimate of drug-likeness (QED) is 0.385. The third-order valence-corrected chi connectivity index (χ3v) is 5.94. The first-order valence-corrected chi connectivity index (χ1v) is 10.1. The van der Waals surface area contributed by atoms with Crippen LogP contribution in [0.3, 0.4) is 0 Å². The molecule has 0 aromatic heterocycles. The summed E-state index contributed by atoms with van der Waals surface area (Å²) in [6.07, 6.45) is 2.52. The number of Topliss-reactive ketones (excluding diaryl/α,β-unsaturated/α-hetero) is 1. The van der Waals surface area contributed by atoms with Crippen LogP contribution in [0, 0.1) is 11.3 Å². The number of sulfonamides is 1. The molecule has 29 heavy (non-hydrogen) atoms. The number of nitrogens with two attached hydrogens (primary N) is 1. The lowest BCUT2D eigenvalue weighted by Gasteiger charge is -2.26. The minimum Gasteiger partial charge on any atom is -0.454 e. The topological polar surface area (TPSA) is 140 Å². The number of ether oxygens (including phenoxy) is 2. The first-order chi connectivity index (χ1) is 13.8. The van der Waals surface area contributed by atoms with Gasteiger partial charge >= 0.3 is 5.97 Å². The highest BCUT2D eigenvalue weighted by molar-refractivity contribution is 7.89. The highest BCUT2D eigenvalue weighted by atomic mass is 32.2. The van der Waals surface area contributed by atoms with Gasteiger partial charge < -0.3 is 15.2 Å². The van der Waals surface area contributed by atoms with Crippen LogP contribution in [0.25, 0.3) is 6.08 Å². The highest BCUT2D eigenvalue weighted by Gasteiger charge is 2.25. The molecule has 0 spiro atoms. The van der Waals surface area contributed by atoms with Gasteiger partial charge in [0.25, 0.3) is 0 Å². The fourth-order valence-electron chi connectivity index (χ4n) is 2.48. The van der Waals surface area contributed by atoms with Crippen LogP contribution < -0.4 is 5.73 Å². The van der Waals surface area contributed by atoms with E-state index in [4.69, 9.17) is 20.5 Å². The molecule has 2 rings (SSSR count). The minimum absolute atomic E-state index is 0.0520. The minimum atomic E-state index is -3.59. The molecular weight excluding hydrogens is 398 g/mol. The first kappa shape index (κ1) is 22.3. The van der Waals surface area contributed by atoms with Crippen molar-refractivity contribution in [3.8, 4) is 6.07 Å². The summed E-state index contributed by atoms with van der Waals surface area (Å²) in [7, 11) is -3.59. The zero-order chi connectivity index (χ0) is 21.4. The van der Waals surface area contributed by atoms with Gasteiger partial charge in [-0.1, -0.05) is 12.1 Å². The van der Waals surface area contributed by atoms with Gasteiger partial charge in [-0.3, -0.25) is 4.79 Å². The van der Waals surface area contributed by atoms with Crippen molar-refractivity contribution in [1.82, 2.24) is 4.31 Å². The molecule has 1 aromatic carbocycles. The maximum atomic E-state index is 12.6. The average molecular weight is 419 g/mol. The third kappa shape index (κ3) is 5.99. The first-order valence-electron chi connectivity index (χ1n) is 8.68. The highest BCUT2D eigenvalue weighted by Crippen LogP contribution is 2.18. The predicted molar refractivity (Wildman–Crippen MR) is 104 cm³/mol. The fraction of sp³-hybridized carbons (Fsp3) is 0.316. The molecule has 9 nitrogen and oxygen atoms in total. The summed E-state index contributed by atoms with van der Waals surface area (Å²) < 4.78 is 36.4. The van der Waals surface area contributed by atoms with Crippen molar-refractivity contribution >= 4 is 27.9 Å². The number of hydrogen-bond donors (Lipinski definition) is 1. The molecular formula is C19H21N3O6S. The number of carbonyl (C=O) groups excluding carboxylic acids is 2. The number of rotatable bonds is 7. The Morgan fingerprint density at radius 3 is 2.45 bits per heavy atom. The van der Waals surface area contributed by atoms with Gasteiger partial charge in [0.05, 0.1) is 18.1 Å². The molecule has 10 heteroatoms. The summed E-state index contributed by atoms with van der Waals surface area (Å²) in [5.41, 5.74) is 5.78. The number of benzene rings is 1. The number of esters is 1. The van der Waals surface area contributed by atoms with Crippen molar-refractivity contribution in [2.45, 2.75) is 11.8 Å². The lowest BCUT2D eigenvalue weighted by molar-refractivity contribution is -0.141. The molecule has 1 aromatic rings. The second-order valence-electron chi connectivity index (χ2n) is 6.12. The molecule has 1 aliphatic heterocycles. The zero-order valence-corrected chi connectivity index (χ0v) is 16.6. The molecule has 1 aliphatic rings. The Bertz CT molecular complexity index is 964. The Hall–Kier alpha value is -3.00. The van der Waals surface area contributed by atoms with Crippen LogP contribution in [0.15, 0.2) is 46.5 Å². The number of morpholine rings is 1. The smallest absolute Gasteiger partial charge is 0.331 e. The second kappa shape index (κ2) is 9.97. The van der Waals surface area contributed by atoms with E-state index in [9.17, 15) is 18.0 Å². The molecule has 0 aliphatic carbocycles. The monoisotopic (exact) mass is 419 g/mol. The van der Waals surface area contributed by atoms with E-state index in [2.05, 4.69) is 0 Å². The van der Waals surface area contributed by atoms with Gasteiger partial charge in [-0.25, -0.2) is 13.2 Å². The molecule has 1 saturated heterocycles. The van der Waals surface area contributed by atoms with Crippen LogP contribution in [0.4, 0.5) is 0 Å². The molecule has 1 fully saturated rings. The summed E-state index contributed by atoms with van der Waals surface area (Å²) in [4.78, 5) is 23.6.